The van der Waals surface area contributed by atoms with Crippen LogP contribution >= 0.6 is 0 Å². The van der Waals surface area contributed by atoms with Crippen molar-refractivity contribution in [2.45, 2.75) is 38.6 Å². The number of methoxy groups -OCH3 is 1. The Morgan fingerprint density at radius 3 is 2.86 bits per heavy atom. The molecule has 4 nitrogen and oxygen atoms in total. The third-order valence-electron chi connectivity index (χ3n) is 4.48. The minimum Gasteiger partial charge on any atom is -0.497 e. The number of hydrogen-bond acceptors (Lipinski definition) is 3. The summed E-state index contributed by atoms with van der Waals surface area (Å²) in [5.41, 5.74) is 7.00. The molecular weight excluding hydrogens is 264 g/mol. The molecule has 1 aromatic rings. The molecule has 116 valence electrons. The molecule has 3 atom stereocenters. The molecule has 3 unspecified atom stereocenters. The van der Waals surface area contributed by atoms with Gasteiger partial charge in [0.05, 0.1) is 13.0 Å². The van der Waals surface area contributed by atoms with Crippen molar-refractivity contribution in [3.8, 4) is 5.75 Å². The number of nitrogens with two attached hydrogens (primary N) is 1. The number of ether oxygens (including phenoxy) is 1. The molecule has 21 heavy (non-hydrogen) atoms. The summed E-state index contributed by atoms with van der Waals surface area (Å²) in [4.78, 5) is 14.7. The molecule has 0 aliphatic carbocycles. The van der Waals surface area contributed by atoms with Gasteiger partial charge in [-0.15, -0.1) is 0 Å². The summed E-state index contributed by atoms with van der Waals surface area (Å²) < 4.78 is 5.24. The maximum atomic E-state index is 12.7. The number of piperidine rings is 1. The number of likely N-dealkylation sites (tertiary alicyclic amines) is 1. The second kappa shape index (κ2) is 6.94. The summed E-state index contributed by atoms with van der Waals surface area (Å²) in [7, 11) is 1.64. The first kappa shape index (κ1) is 15.8. The van der Waals surface area contributed by atoms with Crippen molar-refractivity contribution in [1.82, 2.24) is 4.90 Å². The average molecular weight is 290 g/mol. The lowest BCUT2D eigenvalue weighted by molar-refractivity contribution is -0.134. The first-order valence-electron chi connectivity index (χ1n) is 7.71. The monoisotopic (exact) mass is 290 g/mol. The van der Waals surface area contributed by atoms with Crippen molar-refractivity contribution < 1.29 is 9.53 Å². The Morgan fingerprint density at radius 1 is 1.43 bits per heavy atom. The lowest BCUT2D eigenvalue weighted by Gasteiger charge is -2.36. The molecule has 0 radical (unpaired) electrons. The smallest absolute Gasteiger partial charge is 0.229 e. The molecule has 4 heteroatoms. The first-order chi connectivity index (χ1) is 10.0. The quantitative estimate of drug-likeness (QED) is 0.926. The van der Waals surface area contributed by atoms with Gasteiger partial charge >= 0.3 is 0 Å². The Morgan fingerprint density at radius 2 is 2.19 bits per heavy atom. The summed E-state index contributed by atoms with van der Waals surface area (Å²) in [5, 5.41) is 0. The summed E-state index contributed by atoms with van der Waals surface area (Å²) in [6, 6.07) is 7.90. The number of carbonyl (C=O) groups is 1. The maximum absolute atomic E-state index is 12.7. The van der Waals surface area contributed by atoms with Gasteiger partial charge in [0, 0.05) is 19.1 Å². The van der Waals surface area contributed by atoms with Gasteiger partial charge in [0.15, 0.2) is 0 Å². The fourth-order valence-electron chi connectivity index (χ4n) is 2.97. The Hall–Kier alpha value is -1.55. The van der Waals surface area contributed by atoms with Crippen molar-refractivity contribution in [2.75, 3.05) is 20.2 Å². The van der Waals surface area contributed by atoms with E-state index in [1.807, 2.05) is 43.0 Å². The van der Waals surface area contributed by atoms with E-state index in [2.05, 4.69) is 0 Å². The van der Waals surface area contributed by atoms with Crippen LogP contribution in [0.2, 0.25) is 0 Å². The van der Waals surface area contributed by atoms with Gasteiger partial charge in [0.25, 0.3) is 0 Å². The van der Waals surface area contributed by atoms with E-state index in [0.717, 1.165) is 37.2 Å². The molecule has 1 saturated heterocycles. The number of hydrogen-bond donors (Lipinski definition) is 1. The number of benzene rings is 1. The average Bonchev–Trinajstić information content (AvgIpc) is 2.53. The molecule has 1 aliphatic rings. The van der Waals surface area contributed by atoms with E-state index in [0.29, 0.717) is 5.92 Å². The SMILES string of the molecule is COc1cccc(C(C)C(=O)N2CCCC(C(C)N)C2)c1. The molecule has 0 aromatic heterocycles. The third-order valence-corrected chi connectivity index (χ3v) is 4.48. The van der Waals surface area contributed by atoms with Gasteiger partial charge in [-0.3, -0.25) is 4.79 Å². The van der Waals surface area contributed by atoms with E-state index in [1.54, 1.807) is 7.11 Å². The largest absolute Gasteiger partial charge is 0.497 e. The minimum absolute atomic E-state index is 0.146. The highest BCUT2D eigenvalue weighted by Crippen LogP contribution is 2.26. The van der Waals surface area contributed by atoms with Gasteiger partial charge in [-0.05, 0) is 50.3 Å². The summed E-state index contributed by atoms with van der Waals surface area (Å²) >= 11 is 0. The number of amides is 1. The molecule has 1 fully saturated rings. The van der Waals surface area contributed by atoms with Crippen molar-refractivity contribution in [2.24, 2.45) is 11.7 Å². The summed E-state index contributed by atoms with van der Waals surface area (Å²) in [5.74, 6) is 1.25. The summed E-state index contributed by atoms with van der Waals surface area (Å²) in [6.07, 6.45) is 2.16. The molecular formula is C17H26N2O2. The zero-order valence-electron chi connectivity index (χ0n) is 13.2. The van der Waals surface area contributed by atoms with Crippen LogP contribution in [0.25, 0.3) is 0 Å². The molecule has 0 saturated carbocycles. The molecule has 1 amide bonds. The predicted octanol–water partition coefficient (Wildman–Crippen LogP) is 2.38. The van der Waals surface area contributed by atoms with Crippen molar-refractivity contribution >= 4 is 5.91 Å². The topological polar surface area (TPSA) is 55.6 Å². The van der Waals surface area contributed by atoms with Crippen LogP contribution in [-0.4, -0.2) is 37.0 Å². The van der Waals surface area contributed by atoms with Gasteiger partial charge < -0.3 is 15.4 Å². The normalized spacial score (nSPS) is 21.7. The first-order valence-corrected chi connectivity index (χ1v) is 7.71. The van der Waals surface area contributed by atoms with E-state index < -0.39 is 0 Å². The Balaban J connectivity index is 2.07. The fourth-order valence-corrected chi connectivity index (χ4v) is 2.97. The zero-order valence-corrected chi connectivity index (χ0v) is 13.2. The molecule has 0 spiro atoms. The van der Waals surface area contributed by atoms with Crippen LogP contribution in [-0.2, 0) is 4.79 Å². The molecule has 1 aliphatic heterocycles. The van der Waals surface area contributed by atoms with E-state index >= 15 is 0 Å². The Labute approximate surface area is 127 Å². The maximum Gasteiger partial charge on any atom is 0.229 e. The lowest BCUT2D eigenvalue weighted by atomic mass is 9.90. The zero-order chi connectivity index (χ0) is 15.4. The third kappa shape index (κ3) is 3.76. The number of nitrogens with zero attached hydrogens (tertiary/aromatic N) is 1. The van der Waals surface area contributed by atoms with Gasteiger partial charge in [0.2, 0.25) is 5.91 Å². The highest BCUT2D eigenvalue weighted by Gasteiger charge is 2.29. The standard InChI is InChI=1S/C17H26N2O2/c1-12(14-6-4-8-16(10-14)21-3)17(20)19-9-5-7-15(11-19)13(2)18/h4,6,8,10,12-13,15H,5,7,9,11,18H2,1-3H3. The van der Waals surface area contributed by atoms with Gasteiger partial charge in [-0.2, -0.15) is 0 Å². The van der Waals surface area contributed by atoms with Crippen LogP contribution in [0.5, 0.6) is 5.75 Å². The van der Waals surface area contributed by atoms with Gasteiger partial charge in [-0.1, -0.05) is 12.1 Å². The molecule has 2 rings (SSSR count). The van der Waals surface area contributed by atoms with Gasteiger partial charge in [-0.25, -0.2) is 0 Å². The molecule has 2 N–H and O–H groups in total. The molecule has 0 bridgehead atoms. The van der Waals surface area contributed by atoms with Gasteiger partial charge in [0.1, 0.15) is 5.75 Å². The fraction of sp³-hybridized carbons (Fsp3) is 0.588. The second-order valence-corrected chi connectivity index (χ2v) is 6.04. The van der Waals surface area contributed by atoms with Crippen LogP contribution in [0.15, 0.2) is 24.3 Å². The minimum atomic E-state index is -0.146. The van der Waals surface area contributed by atoms with Crippen molar-refractivity contribution in [3.05, 3.63) is 29.8 Å². The van der Waals surface area contributed by atoms with Crippen LogP contribution in [0.4, 0.5) is 0 Å². The predicted molar refractivity (Wildman–Crippen MR) is 84.4 cm³/mol. The van der Waals surface area contributed by atoms with E-state index in [9.17, 15) is 4.79 Å². The number of rotatable bonds is 4. The highest BCUT2D eigenvalue weighted by molar-refractivity contribution is 5.83. The van der Waals surface area contributed by atoms with E-state index in [4.69, 9.17) is 10.5 Å². The van der Waals surface area contributed by atoms with Crippen molar-refractivity contribution in [1.29, 1.82) is 0 Å². The van der Waals surface area contributed by atoms with E-state index in [-0.39, 0.29) is 17.9 Å². The van der Waals surface area contributed by atoms with E-state index in [1.165, 1.54) is 0 Å². The lowest BCUT2D eigenvalue weighted by Crippen LogP contribution is -2.46. The highest BCUT2D eigenvalue weighted by atomic mass is 16.5. The van der Waals surface area contributed by atoms with Crippen LogP contribution < -0.4 is 10.5 Å². The van der Waals surface area contributed by atoms with Crippen molar-refractivity contribution in [3.63, 3.8) is 0 Å². The van der Waals surface area contributed by atoms with Crippen LogP contribution in [0, 0.1) is 5.92 Å². The Bertz CT molecular complexity index is 487. The molecule has 1 aromatic carbocycles. The summed E-state index contributed by atoms with van der Waals surface area (Å²) in [6.45, 7) is 5.62. The van der Waals surface area contributed by atoms with Crippen LogP contribution in [0.3, 0.4) is 0 Å². The molecule has 1 heterocycles. The second-order valence-electron chi connectivity index (χ2n) is 6.04. The number of carbonyl (C=O) groups excluding carboxylic acids is 1. The van der Waals surface area contributed by atoms with Crippen LogP contribution in [0.1, 0.15) is 38.2 Å². The Kier molecular flexibility index (Phi) is 5.23.